The lowest BCUT2D eigenvalue weighted by molar-refractivity contribution is 0.957. The average molecular weight is 230 g/mol. The second-order valence-corrected chi connectivity index (χ2v) is 3.34. The van der Waals surface area contributed by atoms with Gasteiger partial charge in [-0.25, -0.2) is 9.97 Å². The maximum atomic E-state index is 4.11. The van der Waals surface area contributed by atoms with E-state index in [0.29, 0.717) is 0 Å². The normalized spacial score (nSPS) is 9.92. The molecular formula is C8H12BrN3. The zero-order chi connectivity index (χ0) is 8.97. The van der Waals surface area contributed by atoms with E-state index in [1.165, 1.54) is 0 Å². The van der Waals surface area contributed by atoms with Gasteiger partial charge in [0.1, 0.15) is 12.1 Å². The van der Waals surface area contributed by atoms with Crippen LogP contribution in [0.1, 0.15) is 19.0 Å². The van der Waals surface area contributed by atoms with Gasteiger partial charge in [-0.05, 0) is 29.3 Å². The van der Waals surface area contributed by atoms with Gasteiger partial charge in [-0.15, -0.1) is 0 Å². The first kappa shape index (κ1) is 9.45. The van der Waals surface area contributed by atoms with Crippen molar-refractivity contribution in [3.8, 4) is 0 Å². The fourth-order valence-corrected chi connectivity index (χ4v) is 1.17. The van der Waals surface area contributed by atoms with Gasteiger partial charge in [0.15, 0.2) is 0 Å². The van der Waals surface area contributed by atoms with Crippen LogP contribution in [0.15, 0.2) is 10.8 Å². The maximum Gasteiger partial charge on any atom is 0.144 e. The van der Waals surface area contributed by atoms with E-state index in [9.17, 15) is 0 Å². The molecule has 0 spiro atoms. The van der Waals surface area contributed by atoms with Gasteiger partial charge in [-0.3, -0.25) is 0 Å². The van der Waals surface area contributed by atoms with Crippen molar-refractivity contribution in [1.29, 1.82) is 0 Å². The topological polar surface area (TPSA) is 37.8 Å². The fraction of sp³-hybridized carbons (Fsp3) is 0.500. The highest BCUT2D eigenvalue weighted by atomic mass is 79.9. The molecule has 0 amide bonds. The van der Waals surface area contributed by atoms with Crippen molar-refractivity contribution in [3.05, 3.63) is 16.5 Å². The summed E-state index contributed by atoms with van der Waals surface area (Å²) >= 11 is 3.42. The van der Waals surface area contributed by atoms with E-state index in [4.69, 9.17) is 0 Å². The van der Waals surface area contributed by atoms with E-state index >= 15 is 0 Å². The average Bonchev–Trinajstić information content (AvgIpc) is 2.08. The summed E-state index contributed by atoms with van der Waals surface area (Å²) in [4.78, 5) is 8.16. The molecule has 0 radical (unpaired) electrons. The summed E-state index contributed by atoms with van der Waals surface area (Å²) in [5, 5.41) is 3.21. The molecular weight excluding hydrogens is 218 g/mol. The van der Waals surface area contributed by atoms with E-state index in [1.807, 2.05) is 6.92 Å². The molecule has 0 bridgehead atoms. The third kappa shape index (κ3) is 2.17. The van der Waals surface area contributed by atoms with Crippen molar-refractivity contribution >= 4 is 21.7 Å². The molecule has 0 unspecified atom stereocenters. The Morgan fingerprint density at radius 2 is 2.25 bits per heavy atom. The van der Waals surface area contributed by atoms with Crippen molar-refractivity contribution in [3.63, 3.8) is 0 Å². The van der Waals surface area contributed by atoms with E-state index in [0.717, 1.165) is 29.0 Å². The summed E-state index contributed by atoms with van der Waals surface area (Å²) in [5.74, 6) is 0.879. The molecule has 0 fully saturated rings. The molecule has 4 heteroatoms. The SMILES string of the molecule is CCCNc1ncnc(C)c1Br. The molecule has 0 aliphatic carbocycles. The minimum absolute atomic E-state index is 0.879. The number of nitrogens with one attached hydrogen (secondary N) is 1. The van der Waals surface area contributed by atoms with Crippen LogP contribution in [-0.4, -0.2) is 16.5 Å². The van der Waals surface area contributed by atoms with E-state index in [2.05, 4.69) is 38.1 Å². The smallest absolute Gasteiger partial charge is 0.144 e. The van der Waals surface area contributed by atoms with Gasteiger partial charge in [0.2, 0.25) is 0 Å². The molecule has 66 valence electrons. The zero-order valence-corrected chi connectivity index (χ0v) is 8.85. The van der Waals surface area contributed by atoms with Crippen LogP contribution in [0.3, 0.4) is 0 Å². The summed E-state index contributed by atoms with van der Waals surface area (Å²) in [6, 6.07) is 0. The number of hydrogen-bond acceptors (Lipinski definition) is 3. The largest absolute Gasteiger partial charge is 0.369 e. The van der Waals surface area contributed by atoms with E-state index in [1.54, 1.807) is 6.33 Å². The molecule has 0 aliphatic rings. The Kier molecular flexibility index (Phi) is 3.47. The Labute approximate surface area is 80.7 Å². The second-order valence-electron chi connectivity index (χ2n) is 2.55. The molecule has 0 atom stereocenters. The highest BCUT2D eigenvalue weighted by Gasteiger charge is 2.02. The van der Waals surface area contributed by atoms with E-state index < -0.39 is 0 Å². The molecule has 1 heterocycles. The highest BCUT2D eigenvalue weighted by Crippen LogP contribution is 2.21. The molecule has 0 aromatic carbocycles. The molecule has 0 saturated carbocycles. The monoisotopic (exact) mass is 229 g/mol. The van der Waals surface area contributed by atoms with Crippen LogP contribution in [0.25, 0.3) is 0 Å². The molecule has 1 aromatic heterocycles. The van der Waals surface area contributed by atoms with Crippen molar-refractivity contribution in [2.75, 3.05) is 11.9 Å². The first-order chi connectivity index (χ1) is 5.75. The van der Waals surface area contributed by atoms with Crippen molar-refractivity contribution < 1.29 is 0 Å². The molecule has 0 saturated heterocycles. The van der Waals surface area contributed by atoms with Crippen molar-refractivity contribution in [2.24, 2.45) is 0 Å². The van der Waals surface area contributed by atoms with Gasteiger partial charge in [-0.1, -0.05) is 6.92 Å². The number of hydrogen-bond donors (Lipinski definition) is 1. The van der Waals surface area contributed by atoms with Crippen LogP contribution < -0.4 is 5.32 Å². The predicted octanol–water partition coefficient (Wildman–Crippen LogP) is 2.37. The Hall–Kier alpha value is -0.640. The fourth-order valence-electron chi connectivity index (χ4n) is 0.825. The minimum Gasteiger partial charge on any atom is -0.369 e. The van der Waals surface area contributed by atoms with Crippen LogP contribution >= 0.6 is 15.9 Å². The van der Waals surface area contributed by atoms with Gasteiger partial charge in [-0.2, -0.15) is 0 Å². The highest BCUT2D eigenvalue weighted by molar-refractivity contribution is 9.10. The lowest BCUT2D eigenvalue weighted by Crippen LogP contribution is -2.03. The van der Waals surface area contributed by atoms with E-state index in [-0.39, 0.29) is 0 Å². The van der Waals surface area contributed by atoms with Crippen LogP contribution in [0.4, 0.5) is 5.82 Å². The molecule has 1 N–H and O–H groups in total. The Morgan fingerprint density at radius 1 is 1.50 bits per heavy atom. The predicted molar refractivity (Wildman–Crippen MR) is 53.2 cm³/mol. The van der Waals surface area contributed by atoms with Crippen molar-refractivity contribution in [1.82, 2.24) is 9.97 Å². The second kappa shape index (κ2) is 4.40. The molecule has 3 nitrogen and oxygen atoms in total. The summed E-state index contributed by atoms with van der Waals surface area (Å²) < 4.78 is 0.957. The van der Waals surface area contributed by atoms with Gasteiger partial charge >= 0.3 is 0 Å². The van der Waals surface area contributed by atoms with Crippen molar-refractivity contribution in [2.45, 2.75) is 20.3 Å². The maximum absolute atomic E-state index is 4.11. The Morgan fingerprint density at radius 3 is 2.92 bits per heavy atom. The summed E-state index contributed by atoms with van der Waals surface area (Å²) in [6.07, 6.45) is 2.66. The number of halogens is 1. The Balaban J connectivity index is 2.78. The van der Waals surface area contributed by atoms with Gasteiger partial charge < -0.3 is 5.32 Å². The van der Waals surface area contributed by atoms with Crippen LogP contribution in [0, 0.1) is 6.92 Å². The standard InChI is InChI=1S/C8H12BrN3/c1-3-4-10-8-7(9)6(2)11-5-12-8/h5H,3-4H2,1-2H3,(H,10,11,12). The molecule has 1 rings (SSSR count). The Bertz CT molecular complexity index is 262. The number of rotatable bonds is 3. The number of nitrogens with zero attached hydrogens (tertiary/aromatic N) is 2. The number of aryl methyl sites for hydroxylation is 1. The van der Waals surface area contributed by atoms with Gasteiger partial charge in [0.25, 0.3) is 0 Å². The molecule has 12 heavy (non-hydrogen) atoms. The first-order valence-electron chi connectivity index (χ1n) is 3.96. The summed E-state index contributed by atoms with van der Waals surface area (Å²) in [6.45, 7) is 5.01. The first-order valence-corrected chi connectivity index (χ1v) is 4.76. The summed E-state index contributed by atoms with van der Waals surface area (Å²) in [7, 11) is 0. The quantitative estimate of drug-likeness (QED) is 0.866. The van der Waals surface area contributed by atoms with Crippen LogP contribution in [0.5, 0.6) is 0 Å². The third-order valence-corrected chi connectivity index (χ3v) is 2.46. The molecule has 1 aromatic rings. The van der Waals surface area contributed by atoms with Crippen LogP contribution in [0.2, 0.25) is 0 Å². The molecule has 0 aliphatic heterocycles. The lowest BCUT2D eigenvalue weighted by Gasteiger charge is -2.06. The van der Waals surface area contributed by atoms with Gasteiger partial charge in [0, 0.05) is 6.54 Å². The third-order valence-electron chi connectivity index (χ3n) is 1.51. The summed E-state index contributed by atoms with van der Waals surface area (Å²) in [5.41, 5.74) is 0.962. The number of anilines is 1. The number of aromatic nitrogens is 2. The zero-order valence-electron chi connectivity index (χ0n) is 7.26. The minimum atomic E-state index is 0.879. The van der Waals surface area contributed by atoms with Crippen LogP contribution in [-0.2, 0) is 0 Å². The lowest BCUT2D eigenvalue weighted by atomic mass is 10.4. The van der Waals surface area contributed by atoms with Gasteiger partial charge in [0.05, 0.1) is 10.2 Å².